The molecule has 7 heteroatoms. The van der Waals surface area contributed by atoms with Crippen LogP contribution in [0.4, 0.5) is 5.95 Å². The van der Waals surface area contributed by atoms with Gasteiger partial charge in [-0.3, -0.25) is 0 Å². The highest BCUT2D eigenvalue weighted by Crippen LogP contribution is 2.30. The van der Waals surface area contributed by atoms with Gasteiger partial charge in [0, 0.05) is 10.2 Å². The third-order valence-corrected chi connectivity index (χ3v) is 4.71. The Morgan fingerprint density at radius 3 is 2.50 bits per heavy atom. The van der Waals surface area contributed by atoms with Crippen LogP contribution in [0, 0.1) is 11.3 Å². The molecule has 1 heterocycles. The Hall–Kier alpha value is -1.23. The normalized spacial score (nSPS) is 10.2. The number of aromatic nitrogens is 2. The molecule has 0 spiro atoms. The van der Waals surface area contributed by atoms with E-state index in [1.54, 1.807) is 0 Å². The number of halogens is 1. The molecule has 0 aliphatic carbocycles. The number of anilines is 1. The van der Waals surface area contributed by atoms with E-state index in [4.69, 9.17) is 5.73 Å². The Bertz CT molecular complexity index is 653. The number of nitriles is 1. The molecule has 4 nitrogen and oxygen atoms in total. The van der Waals surface area contributed by atoms with E-state index in [2.05, 4.69) is 32.0 Å². The Labute approximate surface area is 134 Å². The van der Waals surface area contributed by atoms with Gasteiger partial charge in [-0.15, -0.1) is 23.5 Å². The zero-order valence-corrected chi connectivity index (χ0v) is 13.8. The maximum Gasteiger partial charge on any atom is 0.222 e. The van der Waals surface area contributed by atoms with Crippen molar-refractivity contribution in [2.45, 2.75) is 15.8 Å². The lowest BCUT2D eigenvalue weighted by molar-refractivity contribution is 0.961. The Morgan fingerprint density at radius 1 is 1.25 bits per heavy atom. The van der Waals surface area contributed by atoms with E-state index in [0.29, 0.717) is 15.6 Å². The summed E-state index contributed by atoms with van der Waals surface area (Å²) in [6.45, 7) is 0. The average molecular weight is 367 g/mol. The molecule has 0 fully saturated rings. The van der Waals surface area contributed by atoms with E-state index in [-0.39, 0.29) is 5.95 Å². The highest BCUT2D eigenvalue weighted by atomic mass is 79.9. The Balaban J connectivity index is 2.23. The van der Waals surface area contributed by atoms with Gasteiger partial charge in [0.2, 0.25) is 5.95 Å². The largest absolute Gasteiger partial charge is 0.368 e. The molecule has 102 valence electrons. The van der Waals surface area contributed by atoms with E-state index in [9.17, 15) is 5.26 Å². The second kappa shape index (κ2) is 6.97. The molecule has 0 unspecified atom stereocenters. The maximum atomic E-state index is 9.25. The van der Waals surface area contributed by atoms with Gasteiger partial charge in [-0.2, -0.15) is 5.26 Å². The van der Waals surface area contributed by atoms with Gasteiger partial charge in [-0.05, 0) is 24.0 Å². The molecular weight excluding hydrogens is 356 g/mol. The maximum absolute atomic E-state index is 9.25. The topological polar surface area (TPSA) is 75.6 Å². The average Bonchev–Trinajstić information content (AvgIpc) is 2.46. The fraction of sp³-hybridized carbons (Fsp3) is 0.154. The summed E-state index contributed by atoms with van der Waals surface area (Å²) in [5.74, 6) is 0.929. The third-order valence-electron chi connectivity index (χ3n) is 2.45. The van der Waals surface area contributed by atoms with Crippen molar-refractivity contribution < 1.29 is 0 Å². The smallest absolute Gasteiger partial charge is 0.222 e. The molecule has 20 heavy (non-hydrogen) atoms. The van der Waals surface area contributed by atoms with Gasteiger partial charge in [0.1, 0.15) is 21.7 Å². The van der Waals surface area contributed by atoms with E-state index >= 15 is 0 Å². The summed E-state index contributed by atoms with van der Waals surface area (Å²) in [5, 5.41) is 10.5. The van der Waals surface area contributed by atoms with Gasteiger partial charge in [0.05, 0.1) is 0 Å². The van der Waals surface area contributed by atoms with Crippen molar-refractivity contribution in [1.82, 2.24) is 9.97 Å². The van der Waals surface area contributed by atoms with Crippen molar-refractivity contribution in [2.75, 3.05) is 12.0 Å². The number of hydrogen-bond donors (Lipinski definition) is 1. The molecule has 0 radical (unpaired) electrons. The van der Waals surface area contributed by atoms with Crippen LogP contribution in [0.15, 0.2) is 38.8 Å². The standard InChI is InChI=1S/C13H11BrN4S2/c1-19-11-10(6-15)12(18-13(16)17-11)20-7-8-2-4-9(14)5-3-8/h2-5H,7H2,1H3,(H2,16,17,18). The summed E-state index contributed by atoms with van der Waals surface area (Å²) < 4.78 is 1.04. The molecule has 2 aromatic rings. The summed E-state index contributed by atoms with van der Waals surface area (Å²) in [5.41, 5.74) is 7.33. The lowest BCUT2D eigenvalue weighted by Gasteiger charge is -2.07. The number of benzene rings is 1. The number of hydrogen-bond acceptors (Lipinski definition) is 6. The summed E-state index contributed by atoms with van der Waals surface area (Å²) in [7, 11) is 0. The van der Waals surface area contributed by atoms with Gasteiger partial charge in [-0.1, -0.05) is 28.1 Å². The van der Waals surface area contributed by atoms with E-state index in [1.807, 2.05) is 30.5 Å². The Kier molecular flexibility index (Phi) is 5.29. The number of rotatable bonds is 4. The fourth-order valence-corrected chi connectivity index (χ4v) is 3.32. The van der Waals surface area contributed by atoms with Gasteiger partial charge >= 0.3 is 0 Å². The minimum atomic E-state index is 0.201. The molecule has 0 saturated heterocycles. The van der Waals surface area contributed by atoms with Crippen LogP contribution in [-0.4, -0.2) is 16.2 Å². The lowest BCUT2D eigenvalue weighted by atomic mass is 10.2. The van der Waals surface area contributed by atoms with Crippen LogP contribution >= 0.6 is 39.5 Å². The van der Waals surface area contributed by atoms with Gasteiger partial charge in [0.25, 0.3) is 0 Å². The second-order valence-electron chi connectivity index (χ2n) is 3.80. The third kappa shape index (κ3) is 3.66. The van der Waals surface area contributed by atoms with Crippen LogP contribution in [0.3, 0.4) is 0 Å². The summed E-state index contributed by atoms with van der Waals surface area (Å²) in [6.07, 6.45) is 1.87. The van der Waals surface area contributed by atoms with E-state index in [1.165, 1.54) is 23.5 Å². The van der Waals surface area contributed by atoms with Crippen molar-refractivity contribution in [1.29, 1.82) is 5.26 Å². The fourth-order valence-electron chi connectivity index (χ4n) is 1.52. The molecule has 2 rings (SSSR count). The molecule has 1 aromatic carbocycles. The quantitative estimate of drug-likeness (QED) is 0.656. The first kappa shape index (κ1) is 15.2. The molecule has 0 aliphatic rings. The van der Waals surface area contributed by atoms with Crippen LogP contribution in [-0.2, 0) is 5.75 Å². The van der Waals surface area contributed by atoms with Crippen LogP contribution in [0.25, 0.3) is 0 Å². The zero-order chi connectivity index (χ0) is 14.5. The monoisotopic (exact) mass is 366 g/mol. The highest BCUT2D eigenvalue weighted by Gasteiger charge is 2.13. The predicted octanol–water partition coefficient (Wildman–Crippen LogP) is 3.71. The first-order valence-electron chi connectivity index (χ1n) is 5.63. The lowest BCUT2D eigenvalue weighted by Crippen LogP contribution is -2.01. The molecule has 0 saturated carbocycles. The Morgan fingerprint density at radius 2 is 1.90 bits per heavy atom. The summed E-state index contributed by atoms with van der Waals surface area (Å²) in [4.78, 5) is 8.25. The van der Waals surface area contributed by atoms with Crippen LogP contribution < -0.4 is 5.73 Å². The first-order valence-corrected chi connectivity index (χ1v) is 8.63. The number of nitrogens with zero attached hydrogens (tertiary/aromatic N) is 3. The molecule has 0 bridgehead atoms. The molecule has 0 amide bonds. The van der Waals surface area contributed by atoms with Crippen LogP contribution in [0.2, 0.25) is 0 Å². The van der Waals surface area contributed by atoms with Crippen molar-refractivity contribution in [3.05, 3.63) is 39.9 Å². The summed E-state index contributed by atoms with van der Waals surface area (Å²) >= 11 is 6.29. The van der Waals surface area contributed by atoms with Gasteiger partial charge < -0.3 is 5.73 Å². The molecule has 2 N–H and O–H groups in total. The van der Waals surface area contributed by atoms with Crippen molar-refractivity contribution in [3.63, 3.8) is 0 Å². The van der Waals surface area contributed by atoms with Crippen molar-refractivity contribution >= 4 is 45.4 Å². The second-order valence-corrected chi connectivity index (χ2v) is 6.47. The number of nitrogens with two attached hydrogens (primary N) is 1. The van der Waals surface area contributed by atoms with Gasteiger partial charge in [-0.25, -0.2) is 9.97 Å². The van der Waals surface area contributed by atoms with Gasteiger partial charge in [0.15, 0.2) is 0 Å². The number of nitrogen functional groups attached to an aromatic ring is 1. The minimum Gasteiger partial charge on any atom is -0.368 e. The molecule has 1 aromatic heterocycles. The molecule has 0 atom stereocenters. The first-order chi connectivity index (χ1) is 9.63. The van der Waals surface area contributed by atoms with Crippen LogP contribution in [0.5, 0.6) is 0 Å². The zero-order valence-electron chi connectivity index (χ0n) is 10.6. The predicted molar refractivity (Wildman–Crippen MR) is 86.6 cm³/mol. The molecule has 0 aliphatic heterocycles. The number of thioether (sulfide) groups is 2. The van der Waals surface area contributed by atoms with Crippen LogP contribution in [0.1, 0.15) is 11.1 Å². The van der Waals surface area contributed by atoms with E-state index in [0.717, 1.165) is 15.8 Å². The van der Waals surface area contributed by atoms with Crippen molar-refractivity contribution in [2.24, 2.45) is 0 Å². The molecular formula is C13H11BrN4S2. The minimum absolute atomic E-state index is 0.201. The van der Waals surface area contributed by atoms with E-state index < -0.39 is 0 Å². The van der Waals surface area contributed by atoms with Crippen molar-refractivity contribution in [3.8, 4) is 6.07 Å². The SMILES string of the molecule is CSc1nc(N)nc(SCc2ccc(Br)cc2)c1C#N. The summed E-state index contributed by atoms with van der Waals surface area (Å²) in [6, 6.07) is 10.2. The highest BCUT2D eigenvalue weighted by molar-refractivity contribution is 9.10.